The smallest absolute Gasteiger partial charge is 0.287 e. The number of pyridine rings is 1. The van der Waals surface area contributed by atoms with E-state index in [-0.39, 0.29) is 11.2 Å². The van der Waals surface area contributed by atoms with E-state index in [9.17, 15) is 14.9 Å². The summed E-state index contributed by atoms with van der Waals surface area (Å²) in [7, 11) is 0. The maximum Gasteiger partial charge on any atom is 0.287 e. The first-order valence-electron chi connectivity index (χ1n) is 10.4. The molecule has 5 rings (SSSR count). The number of hydrogen-bond donors (Lipinski definition) is 0. The molecule has 9 nitrogen and oxygen atoms in total. The van der Waals surface area contributed by atoms with Crippen LogP contribution in [0.15, 0.2) is 81.4 Å². The Bertz CT molecular complexity index is 1650. The minimum absolute atomic E-state index is 0.0797. The summed E-state index contributed by atoms with van der Waals surface area (Å²) in [6, 6.07) is 16.1. The number of aromatic nitrogens is 4. The van der Waals surface area contributed by atoms with E-state index in [1.54, 1.807) is 24.4 Å². The zero-order chi connectivity index (χ0) is 23.8. The van der Waals surface area contributed by atoms with Crippen molar-refractivity contribution in [1.82, 2.24) is 19.2 Å². The molecular formula is C24H17BrN6O3. The van der Waals surface area contributed by atoms with Crippen molar-refractivity contribution in [3.63, 3.8) is 0 Å². The van der Waals surface area contributed by atoms with Gasteiger partial charge in [-0.3, -0.25) is 14.9 Å². The molecule has 0 spiro atoms. The van der Waals surface area contributed by atoms with Crippen molar-refractivity contribution < 1.29 is 4.92 Å². The SMILES string of the molecule is CCc1nc2ccc(Br)cc2c(=O)n1N=Cc1cn(-c2ccc([N+](=O)[O-])cn2)c2ccccc12. The molecule has 0 aliphatic rings. The third-order valence-corrected chi connectivity index (χ3v) is 5.93. The lowest BCUT2D eigenvalue weighted by atomic mass is 10.2. The molecule has 3 heterocycles. The van der Waals surface area contributed by atoms with Crippen molar-refractivity contribution >= 4 is 49.6 Å². The largest absolute Gasteiger partial charge is 0.301 e. The Morgan fingerprint density at radius 1 is 1.15 bits per heavy atom. The van der Waals surface area contributed by atoms with Gasteiger partial charge in [-0.05, 0) is 30.3 Å². The molecule has 0 aliphatic heterocycles. The van der Waals surface area contributed by atoms with Crippen LogP contribution in [0.1, 0.15) is 18.3 Å². The molecule has 0 aliphatic carbocycles. The van der Waals surface area contributed by atoms with Gasteiger partial charge in [0.2, 0.25) is 0 Å². The molecule has 10 heteroatoms. The fourth-order valence-electron chi connectivity index (χ4n) is 3.79. The van der Waals surface area contributed by atoms with E-state index in [2.05, 4.69) is 31.0 Å². The summed E-state index contributed by atoms with van der Waals surface area (Å²) in [6.45, 7) is 1.92. The van der Waals surface area contributed by atoms with Crippen LogP contribution in [0.3, 0.4) is 0 Å². The molecule has 0 saturated heterocycles. The molecule has 0 bridgehead atoms. The third kappa shape index (κ3) is 3.77. The highest BCUT2D eigenvalue weighted by Crippen LogP contribution is 2.24. The fourth-order valence-corrected chi connectivity index (χ4v) is 4.15. The highest BCUT2D eigenvalue weighted by molar-refractivity contribution is 9.10. The first-order chi connectivity index (χ1) is 16.5. The van der Waals surface area contributed by atoms with Crippen LogP contribution in [-0.2, 0) is 6.42 Å². The molecule has 2 aromatic carbocycles. The van der Waals surface area contributed by atoms with Gasteiger partial charge in [0.1, 0.15) is 17.8 Å². The second kappa shape index (κ2) is 8.64. The van der Waals surface area contributed by atoms with E-state index in [4.69, 9.17) is 0 Å². The maximum atomic E-state index is 13.2. The second-order valence-corrected chi connectivity index (χ2v) is 8.42. The average Bonchev–Trinajstić information content (AvgIpc) is 3.22. The minimum Gasteiger partial charge on any atom is -0.301 e. The van der Waals surface area contributed by atoms with Gasteiger partial charge >= 0.3 is 0 Å². The predicted octanol–water partition coefficient (Wildman–Crippen LogP) is 4.85. The quantitative estimate of drug-likeness (QED) is 0.188. The highest BCUT2D eigenvalue weighted by atomic mass is 79.9. The molecule has 168 valence electrons. The van der Waals surface area contributed by atoms with Crippen LogP contribution in [0.5, 0.6) is 0 Å². The van der Waals surface area contributed by atoms with Crippen molar-refractivity contribution in [3.8, 4) is 5.82 Å². The Labute approximate surface area is 201 Å². The molecular weight excluding hydrogens is 500 g/mol. The molecule has 0 amide bonds. The summed E-state index contributed by atoms with van der Waals surface area (Å²) < 4.78 is 3.95. The lowest BCUT2D eigenvalue weighted by Gasteiger charge is -2.07. The van der Waals surface area contributed by atoms with Crippen LogP contribution in [0.2, 0.25) is 0 Å². The zero-order valence-electron chi connectivity index (χ0n) is 17.9. The molecule has 0 fully saturated rings. The molecule has 3 aromatic heterocycles. The van der Waals surface area contributed by atoms with Crippen LogP contribution < -0.4 is 5.56 Å². The van der Waals surface area contributed by atoms with Gasteiger partial charge in [0.15, 0.2) is 0 Å². The van der Waals surface area contributed by atoms with Gasteiger partial charge in [0.25, 0.3) is 11.2 Å². The predicted molar refractivity (Wildman–Crippen MR) is 134 cm³/mol. The van der Waals surface area contributed by atoms with Gasteiger partial charge in [-0.15, -0.1) is 0 Å². The number of rotatable bonds is 5. The van der Waals surface area contributed by atoms with Crippen molar-refractivity contribution in [2.24, 2.45) is 5.10 Å². The number of hydrogen-bond acceptors (Lipinski definition) is 6. The van der Waals surface area contributed by atoms with Crippen LogP contribution in [0.4, 0.5) is 5.69 Å². The number of para-hydroxylation sites is 1. The Morgan fingerprint density at radius 2 is 1.97 bits per heavy atom. The van der Waals surface area contributed by atoms with Gasteiger partial charge in [-0.25, -0.2) is 9.97 Å². The molecule has 0 saturated carbocycles. The van der Waals surface area contributed by atoms with Gasteiger partial charge in [0, 0.05) is 34.1 Å². The Kier molecular flexibility index (Phi) is 5.50. The van der Waals surface area contributed by atoms with Crippen molar-refractivity contribution in [2.45, 2.75) is 13.3 Å². The second-order valence-electron chi connectivity index (χ2n) is 7.51. The van der Waals surface area contributed by atoms with Crippen LogP contribution in [0.25, 0.3) is 27.6 Å². The molecule has 0 radical (unpaired) electrons. The number of nitrogens with zero attached hydrogens (tertiary/aromatic N) is 6. The van der Waals surface area contributed by atoms with Crippen LogP contribution >= 0.6 is 15.9 Å². The molecule has 0 N–H and O–H groups in total. The number of nitro groups is 1. The van der Waals surface area contributed by atoms with Crippen molar-refractivity contribution in [2.75, 3.05) is 0 Å². The number of halogens is 1. The van der Waals surface area contributed by atoms with E-state index in [1.807, 2.05) is 48.0 Å². The fraction of sp³-hybridized carbons (Fsp3) is 0.0833. The zero-order valence-corrected chi connectivity index (χ0v) is 19.5. The van der Waals surface area contributed by atoms with Crippen molar-refractivity contribution in [1.29, 1.82) is 0 Å². The first kappa shape index (κ1) is 21.7. The number of fused-ring (bicyclic) bond motifs is 2. The van der Waals surface area contributed by atoms with Gasteiger partial charge in [0.05, 0.1) is 27.6 Å². The Hall–Kier alpha value is -4.18. The normalized spacial score (nSPS) is 11.6. The number of benzene rings is 2. The molecule has 34 heavy (non-hydrogen) atoms. The maximum absolute atomic E-state index is 13.2. The van der Waals surface area contributed by atoms with Gasteiger partial charge < -0.3 is 4.57 Å². The topological polar surface area (TPSA) is 108 Å². The summed E-state index contributed by atoms with van der Waals surface area (Å²) >= 11 is 3.41. The van der Waals surface area contributed by atoms with E-state index < -0.39 is 4.92 Å². The molecule has 0 atom stereocenters. The number of aryl methyl sites for hydroxylation is 1. The summed E-state index contributed by atoms with van der Waals surface area (Å²) in [5.74, 6) is 1.09. The van der Waals surface area contributed by atoms with Crippen LogP contribution in [0, 0.1) is 10.1 Å². The molecule has 5 aromatic rings. The van der Waals surface area contributed by atoms with Gasteiger partial charge in [-0.2, -0.15) is 9.78 Å². The summed E-state index contributed by atoms with van der Waals surface area (Å²) in [6.07, 6.45) is 5.22. The highest BCUT2D eigenvalue weighted by Gasteiger charge is 2.13. The van der Waals surface area contributed by atoms with E-state index in [1.165, 1.54) is 16.9 Å². The average molecular weight is 517 g/mol. The first-order valence-corrected chi connectivity index (χ1v) is 11.2. The standard InChI is InChI=1S/C24H17BrN6O3/c1-2-22-28-20-9-7-16(25)11-19(20)24(32)30(22)27-12-15-14-29(21-6-4-3-5-18(15)21)23-10-8-17(13-26-23)31(33)34/h3-14H,2H2,1H3. The lowest BCUT2D eigenvalue weighted by Crippen LogP contribution is -2.22. The summed E-state index contributed by atoms with van der Waals surface area (Å²) in [4.78, 5) is 32.5. The van der Waals surface area contributed by atoms with E-state index in [0.29, 0.717) is 29.0 Å². The van der Waals surface area contributed by atoms with E-state index in [0.717, 1.165) is 20.9 Å². The summed E-state index contributed by atoms with van der Waals surface area (Å²) in [5, 5.41) is 16.8. The summed E-state index contributed by atoms with van der Waals surface area (Å²) in [5.41, 5.74) is 1.91. The van der Waals surface area contributed by atoms with Crippen LogP contribution in [-0.4, -0.2) is 30.3 Å². The molecule has 0 unspecified atom stereocenters. The van der Waals surface area contributed by atoms with Gasteiger partial charge in [-0.1, -0.05) is 41.1 Å². The lowest BCUT2D eigenvalue weighted by molar-refractivity contribution is -0.385. The van der Waals surface area contributed by atoms with Crippen molar-refractivity contribution in [3.05, 3.63) is 103 Å². The Morgan fingerprint density at radius 3 is 2.71 bits per heavy atom. The Balaban J connectivity index is 1.63. The van der Waals surface area contributed by atoms with E-state index >= 15 is 0 Å². The minimum atomic E-state index is -0.484. The third-order valence-electron chi connectivity index (χ3n) is 5.44. The monoisotopic (exact) mass is 516 g/mol.